The van der Waals surface area contributed by atoms with Gasteiger partial charge in [0.05, 0.1) is 20.3 Å². The summed E-state index contributed by atoms with van der Waals surface area (Å²) in [4.78, 5) is 7.31. The number of rotatable bonds is 8. The van der Waals surface area contributed by atoms with Crippen molar-refractivity contribution in [3.8, 4) is 11.5 Å². The fraction of sp³-hybridized carbons (Fsp3) is 0.667. The lowest BCUT2D eigenvalue weighted by molar-refractivity contribution is 0.265. The molecule has 1 saturated heterocycles. The van der Waals surface area contributed by atoms with Crippen LogP contribution in [0.4, 0.5) is 0 Å². The molecule has 2 rings (SSSR count). The van der Waals surface area contributed by atoms with Gasteiger partial charge in [-0.1, -0.05) is 13.0 Å². The number of likely N-dealkylation sites (tertiary alicyclic amines) is 1. The summed E-state index contributed by atoms with van der Waals surface area (Å²) in [6, 6.07) is 6.98. The Balaban J connectivity index is 0.00000392. The third-order valence-electron chi connectivity index (χ3n) is 4.98. The first-order chi connectivity index (χ1) is 13.0. The van der Waals surface area contributed by atoms with E-state index in [4.69, 9.17) is 14.5 Å². The van der Waals surface area contributed by atoms with E-state index in [2.05, 4.69) is 43.2 Å². The van der Waals surface area contributed by atoms with Gasteiger partial charge in [-0.2, -0.15) is 0 Å². The number of ether oxygens (including phenoxy) is 2. The van der Waals surface area contributed by atoms with E-state index in [-0.39, 0.29) is 24.0 Å². The molecule has 160 valence electrons. The highest BCUT2D eigenvalue weighted by atomic mass is 127. The fourth-order valence-electron chi connectivity index (χ4n) is 3.37. The Kier molecular flexibility index (Phi) is 11.0. The van der Waals surface area contributed by atoms with Gasteiger partial charge >= 0.3 is 0 Å². The maximum atomic E-state index is 5.67. The molecule has 0 aliphatic carbocycles. The molecule has 0 amide bonds. The van der Waals surface area contributed by atoms with Crippen molar-refractivity contribution in [1.82, 2.24) is 15.5 Å². The summed E-state index contributed by atoms with van der Waals surface area (Å²) < 4.78 is 11.0. The van der Waals surface area contributed by atoms with E-state index in [1.165, 1.54) is 0 Å². The minimum absolute atomic E-state index is 0. The molecule has 1 aromatic rings. The summed E-state index contributed by atoms with van der Waals surface area (Å²) in [5.74, 6) is 2.99. The highest BCUT2D eigenvalue weighted by molar-refractivity contribution is 14.0. The van der Waals surface area contributed by atoms with Crippen LogP contribution in [-0.2, 0) is 6.54 Å². The molecule has 0 radical (unpaired) electrons. The Morgan fingerprint density at radius 2 is 2.00 bits per heavy atom. The Morgan fingerprint density at radius 3 is 2.57 bits per heavy atom. The van der Waals surface area contributed by atoms with Crippen LogP contribution in [0.1, 0.15) is 40.2 Å². The van der Waals surface area contributed by atoms with Gasteiger partial charge in [-0.15, -0.1) is 24.0 Å². The van der Waals surface area contributed by atoms with Crippen molar-refractivity contribution in [3.05, 3.63) is 23.8 Å². The van der Waals surface area contributed by atoms with E-state index in [9.17, 15) is 0 Å². The number of nitrogens with zero attached hydrogens (tertiary/aromatic N) is 2. The summed E-state index contributed by atoms with van der Waals surface area (Å²) in [5, 5.41) is 7.00. The number of methoxy groups -OCH3 is 1. The molecule has 28 heavy (non-hydrogen) atoms. The molecule has 0 bridgehead atoms. The molecule has 1 aliphatic heterocycles. The third kappa shape index (κ3) is 6.99. The Morgan fingerprint density at radius 1 is 1.25 bits per heavy atom. The Hall–Kier alpha value is -1.22. The number of hydrogen-bond acceptors (Lipinski definition) is 4. The van der Waals surface area contributed by atoms with Crippen molar-refractivity contribution in [2.24, 2.45) is 10.9 Å². The normalized spacial score (nSPS) is 20.0. The Labute approximate surface area is 187 Å². The predicted octanol–water partition coefficient (Wildman–Crippen LogP) is 3.50. The molecule has 6 nitrogen and oxygen atoms in total. The second-order valence-electron chi connectivity index (χ2n) is 7.39. The number of benzene rings is 1. The molecule has 0 aromatic heterocycles. The monoisotopic (exact) mass is 504 g/mol. The minimum Gasteiger partial charge on any atom is -0.493 e. The van der Waals surface area contributed by atoms with Gasteiger partial charge in [0.1, 0.15) is 0 Å². The van der Waals surface area contributed by atoms with Gasteiger partial charge in [0.2, 0.25) is 0 Å². The van der Waals surface area contributed by atoms with Gasteiger partial charge in [-0.25, -0.2) is 4.99 Å². The van der Waals surface area contributed by atoms with E-state index >= 15 is 0 Å². The zero-order valence-electron chi connectivity index (χ0n) is 18.1. The number of nitrogens with one attached hydrogen (secondary N) is 2. The molecular formula is C21H37IN4O2. The SMILES string of the molecule is CCNC(=NCc1ccc(OC)c(OCC)c1)NC1CN(C(C)C)CC1C.I. The molecule has 1 heterocycles. The van der Waals surface area contributed by atoms with Gasteiger partial charge in [-0.05, 0) is 51.3 Å². The van der Waals surface area contributed by atoms with Crippen LogP contribution in [0.2, 0.25) is 0 Å². The molecule has 1 aromatic carbocycles. The van der Waals surface area contributed by atoms with Crippen molar-refractivity contribution in [2.75, 3.05) is 33.4 Å². The molecular weight excluding hydrogens is 467 g/mol. The van der Waals surface area contributed by atoms with Crippen LogP contribution in [0.5, 0.6) is 11.5 Å². The van der Waals surface area contributed by atoms with Crippen molar-refractivity contribution in [3.63, 3.8) is 0 Å². The van der Waals surface area contributed by atoms with Gasteiger partial charge in [0, 0.05) is 31.7 Å². The fourth-order valence-corrected chi connectivity index (χ4v) is 3.37. The van der Waals surface area contributed by atoms with E-state index < -0.39 is 0 Å². The highest BCUT2D eigenvalue weighted by Gasteiger charge is 2.31. The zero-order valence-corrected chi connectivity index (χ0v) is 20.4. The molecule has 0 spiro atoms. The van der Waals surface area contributed by atoms with Crippen LogP contribution in [0, 0.1) is 5.92 Å². The summed E-state index contributed by atoms with van der Waals surface area (Å²) in [6.45, 7) is 15.1. The summed E-state index contributed by atoms with van der Waals surface area (Å²) in [5.41, 5.74) is 1.10. The van der Waals surface area contributed by atoms with E-state index in [0.29, 0.717) is 31.2 Å². The van der Waals surface area contributed by atoms with Crippen molar-refractivity contribution in [2.45, 2.75) is 53.2 Å². The van der Waals surface area contributed by atoms with Gasteiger partial charge in [0.15, 0.2) is 17.5 Å². The molecule has 1 fully saturated rings. The number of aliphatic imine (C=N–C) groups is 1. The molecule has 1 aliphatic rings. The number of hydrogen-bond donors (Lipinski definition) is 2. The lowest BCUT2D eigenvalue weighted by Gasteiger charge is -2.22. The zero-order chi connectivity index (χ0) is 19.8. The van der Waals surface area contributed by atoms with Crippen LogP contribution in [0.15, 0.2) is 23.2 Å². The predicted molar refractivity (Wildman–Crippen MR) is 127 cm³/mol. The molecule has 7 heteroatoms. The average molecular weight is 504 g/mol. The average Bonchev–Trinajstić information content (AvgIpc) is 3.01. The molecule has 2 unspecified atom stereocenters. The van der Waals surface area contributed by atoms with Crippen molar-refractivity contribution in [1.29, 1.82) is 0 Å². The quantitative estimate of drug-likeness (QED) is 0.323. The maximum absolute atomic E-state index is 5.67. The maximum Gasteiger partial charge on any atom is 0.191 e. The second-order valence-corrected chi connectivity index (χ2v) is 7.39. The molecule has 2 N–H and O–H groups in total. The van der Waals surface area contributed by atoms with E-state index in [1.54, 1.807) is 7.11 Å². The van der Waals surface area contributed by atoms with Crippen LogP contribution in [-0.4, -0.2) is 56.3 Å². The first-order valence-corrected chi connectivity index (χ1v) is 10.1. The topological polar surface area (TPSA) is 58.1 Å². The third-order valence-corrected chi connectivity index (χ3v) is 4.98. The van der Waals surface area contributed by atoms with Gasteiger partial charge in [-0.3, -0.25) is 4.90 Å². The van der Waals surface area contributed by atoms with E-state index in [1.807, 2.05) is 25.1 Å². The minimum atomic E-state index is 0. The first kappa shape index (κ1) is 24.8. The van der Waals surface area contributed by atoms with Crippen LogP contribution >= 0.6 is 24.0 Å². The molecule has 2 atom stereocenters. The summed E-state index contributed by atoms with van der Waals surface area (Å²) in [7, 11) is 1.66. The van der Waals surface area contributed by atoms with Crippen LogP contribution < -0.4 is 20.1 Å². The first-order valence-electron chi connectivity index (χ1n) is 10.1. The van der Waals surface area contributed by atoms with Gasteiger partial charge < -0.3 is 20.1 Å². The Bertz CT molecular complexity index is 624. The summed E-state index contributed by atoms with van der Waals surface area (Å²) >= 11 is 0. The van der Waals surface area contributed by atoms with Crippen molar-refractivity contribution < 1.29 is 9.47 Å². The van der Waals surface area contributed by atoms with E-state index in [0.717, 1.165) is 42.7 Å². The van der Waals surface area contributed by atoms with Crippen LogP contribution in [0.25, 0.3) is 0 Å². The lowest BCUT2D eigenvalue weighted by atomic mass is 10.1. The number of guanidine groups is 1. The van der Waals surface area contributed by atoms with Crippen LogP contribution in [0.3, 0.4) is 0 Å². The summed E-state index contributed by atoms with van der Waals surface area (Å²) in [6.07, 6.45) is 0. The number of halogens is 1. The highest BCUT2D eigenvalue weighted by Crippen LogP contribution is 2.28. The standard InChI is InChI=1S/C21H36N4O2.HI/c1-7-22-21(24-18-14-25(15(3)4)13-16(18)5)23-12-17-9-10-19(26-6)20(11-17)27-8-2;/h9-11,15-16,18H,7-8,12-14H2,1-6H3,(H2,22,23,24);1H. The smallest absolute Gasteiger partial charge is 0.191 e. The lowest BCUT2D eigenvalue weighted by Crippen LogP contribution is -2.46. The molecule has 0 saturated carbocycles. The van der Waals surface area contributed by atoms with Gasteiger partial charge in [0.25, 0.3) is 0 Å². The second kappa shape index (κ2) is 12.4. The van der Waals surface area contributed by atoms with Crippen molar-refractivity contribution >= 4 is 29.9 Å². The largest absolute Gasteiger partial charge is 0.493 e.